The molecular weight excluding hydrogens is 351 g/mol. The van der Waals surface area contributed by atoms with Gasteiger partial charge in [-0.25, -0.2) is 0 Å². The lowest BCUT2D eigenvalue weighted by atomic mass is 10.1. The molecule has 3 aromatic carbocycles. The van der Waals surface area contributed by atoms with E-state index in [4.69, 9.17) is 9.05 Å². The molecule has 2 nitrogen and oxygen atoms in total. The Balaban J connectivity index is 1.44. The van der Waals surface area contributed by atoms with Crippen LogP contribution >= 0.6 is 8.38 Å². The van der Waals surface area contributed by atoms with Gasteiger partial charge in [0.25, 0.3) is 0 Å². The van der Waals surface area contributed by atoms with E-state index in [1.807, 2.05) is 18.2 Å². The van der Waals surface area contributed by atoms with E-state index < -0.39 is 8.38 Å². The molecule has 0 unspecified atom stereocenters. The van der Waals surface area contributed by atoms with Gasteiger partial charge in [0.05, 0.1) is 13.2 Å². The van der Waals surface area contributed by atoms with Crippen LogP contribution in [0, 0.1) is 0 Å². The monoisotopic (exact) mass is 378 g/mol. The van der Waals surface area contributed by atoms with Gasteiger partial charge in [0.2, 0.25) is 8.38 Å². The highest BCUT2D eigenvalue weighted by molar-refractivity contribution is 7.56. The summed E-state index contributed by atoms with van der Waals surface area (Å²) in [6.45, 7) is 1.43. The first-order valence-electron chi connectivity index (χ1n) is 9.61. The summed E-state index contributed by atoms with van der Waals surface area (Å²) in [6, 6.07) is 31.4. The second-order valence-electron chi connectivity index (χ2n) is 6.44. The third kappa shape index (κ3) is 7.27. The van der Waals surface area contributed by atoms with Gasteiger partial charge in [0.15, 0.2) is 0 Å². The summed E-state index contributed by atoms with van der Waals surface area (Å²) in [5, 5.41) is 1.15. The summed E-state index contributed by atoms with van der Waals surface area (Å²) in [7, 11) is -1.02. The molecule has 0 bridgehead atoms. The van der Waals surface area contributed by atoms with E-state index in [1.165, 1.54) is 11.1 Å². The SMILES string of the molecule is c1ccc(CCCOP(OCCCc2ccccc2)c2ccccc2)cc1. The lowest BCUT2D eigenvalue weighted by Crippen LogP contribution is -2.08. The Hall–Kier alpha value is -1.99. The molecule has 0 atom stereocenters. The van der Waals surface area contributed by atoms with Crippen molar-refractivity contribution < 1.29 is 9.05 Å². The zero-order chi connectivity index (χ0) is 18.6. The lowest BCUT2D eigenvalue weighted by Gasteiger charge is -2.18. The predicted octanol–water partition coefficient (Wildman–Crippen LogP) is 5.92. The van der Waals surface area contributed by atoms with Crippen molar-refractivity contribution in [3.05, 3.63) is 102 Å². The number of aryl methyl sites for hydroxylation is 2. The second-order valence-corrected chi connectivity index (χ2v) is 7.98. The lowest BCUT2D eigenvalue weighted by molar-refractivity contribution is 0.251. The summed E-state index contributed by atoms with van der Waals surface area (Å²) >= 11 is 0. The summed E-state index contributed by atoms with van der Waals surface area (Å²) in [5.41, 5.74) is 2.71. The van der Waals surface area contributed by atoms with E-state index in [9.17, 15) is 0 Å². The number of hydrogen-bond acceptors (Lipinski definition) is 2. The molecule has 0 aliphatic heterocycles. The Kier molecular flexibility index (Phi) is 8.54. The second kappa shape index (κ2) is 11.7. The summed E-state index contributed by atoms with van der Waals surface area (Å²) in [4.78, 5) is 0. The fourth-order valence-corrected chi connectivity index (χ4v) is 4.25. The van der Waals surface area contributed by atoms with E-state index >= 15 is 0 Å². The third-order valence-electron chi connectivity index (χ3n) is 4.29. The van der Waals surface area contributed by atoms with E-state index in [0.29, 0.717) is 13.2 Å². The van der Waals surface area contributed by atoms with E-state index in [2.05, 4.69) is 72.8 Å². The topological polar surface area (TPSA) is 18.5 Å². The molecule has 3 rings (SSSR count). The van der Waals surface area contributed by atoms with Gasteiger partial charge in [0.1, 0.15) is 0 Å². The maximum Gasteiger partial charge on any atom is 0.205 e. The fraction of sp³-hybridized carbons (Fsp3) is 0.250. The molecule has 27 heavy (non-hydrogen) atoms. The van der Waals surface area contributed by atoms with Crippen molar-refractivity contribution in [2.45, 2.75) is 25.7 Å². The van der Waals surface area contributed by atoms with Crippen LogP contribution in [0.4, 0.5) is 0 Å². The molecular formula is C24H27O2P. The highest BCUT2D eigenvalue weighted by Crippen LogP contribution is 2.37. The highest BCUT2D eigenvalue weighted by Gasteiger charge is 2.13. The van der Waals surface area contributed by atoms with Gasteiger partial charge in [-0.3, -0.25) is 0 Å². The maximum atomic E-state index is 6.14. The zero-order valence-electron chi connectivity index (χ0n) is 15.7. The first-order chi connectivity index (χ1) is 13.4. The molecule has 0 N–H and O–H groups in total. The molecule has 0 heterocycles. The summed E-state index contributed by atoms with van der Waals surface area (Å²) < 4.78 is 12.3. The Morgan fingerprint density at radius 1 is 0.519 bits per heavy atom. The molecule has 0 aromatic heterocycles. The molecule has 0 fully saturated rings. The van der Waals surface area contributed by atoms with Crippen molar-refractivity contribution in [2.75, 3.05) is 13.2 Å². The molecule has 3 aromatic rings. The van der Waals surface area contributed by atoms with E-state index in [0.717, 1.165) is 31.0 Å². The van der Waals surface area contributed by atoms with Gasteiger partial charge in [-0.05, 0) is 48.9 Å². The van der Waals surface area contributed by atoms with Crippen molar-refractivity contribution in [1.82, 2.24) is 0 Å². The molecule has 140 valence electrons. The minimum atomic E-state index is -1.02. The Morgan fingerprint density at radius 2 is 0.926 bits per heavy atom. The van der Waals surface area contributed by atoms with Gasteiger partial charge in [-0.2, -0.15) is 0 Å². The Bertz CT molecular complexity index is 700. The molecule has 0 spiro atoms. The molecule has 0 aliphatic carbocycles. The van der Waals surface area contributed by atoms with Crippen molar-refractivity contribution >= 4 is 13.7 Å². The largest absolute Gasteiger partial charge is 0.331 e. The number of benzene rings is 3. The standard InChI is InChI=1S/C24H27O2P/c1-4-12-22(13-5-1)16-10-20-25-27(24-18-8-3-9-19-24)26-21-11-17-23-14-6-2-7-15-23/h1-9,12-15,18-19H,10-11,16-17,20-21H2. The maximum absolute atomic E-state index is 6.14. The molecule has 0 aliphatic rings. The Labute approximate surface area is 164 Å². The average molecular weight is 378 g/mol. The van der Waals surface area contributed by atoms with Gasteiger partial charge >= 0.3 is 0 Å². The van der Waals surface area contributed by atoms with Crippen LogP contribution in [0.15, 0.2) is 91.0 Å². The number of rotatable bonds is 11. The van der Waals surface area contributed by atoms with Crippen molar-refractivity contribution in [1.29, 1.82) is 0 Å². The number of hydrogen-bond donors (Lipinski definition) is 0. The average Bonchev–Trinajstić information content (AvgIpc) is 2.75. The van der Waals surface area contributed by atoms with Crippen LogP contribution in [-0.2, 0) is 21.9 Å². The minimum Gasteiger partial charge on any atom is -0.331 e. The molecule has 0 saturated carbocycles. The highest BCUT2D eigenvalue weighted by atomic mass is 31.2. The molecule has 0 amide bonds. The first kappa shape index (κ1) is 19.8. The normalized spacial score (nSPS) is 11.0. The van der Waals surface area contributed by atoms with Crippen LogP contribution in [0.5, 0.6) is 0 Å². The summed E-state index contributed by atoms with van der Waals surface area (Å²) in [6.07, 6.45) is 4.08. The van der Waals surface area contributed by atoms with Gasteiger partial charge in [-0.1, -0.05) is 78.9 Å². The first-order valence-corrected chi connectivity index (χ1v) is 10.8. The Morgan fingerprint density at radius 3 is 1.37 bits per heavy atom. The fourth-order valence-electron chi connectivity index (χ4n) is 2.87. The smallest absolute Gasteiger partial charge is 0.205 e. The van der Waals surface area contributed by atoms with Crippen molar-refractivity contribution in [3.8, 4) is 0 Å². The minimum absolute atomic E-state index is 0.716. The zero-order valence-corrected chi connectivity index (χ0v) is 16.6. The van der Waals surface area contributed by atoms with E-state index in [1.54, 1.807) is 0 Å². The molecule has 0 saturated heterocycles. The van der Waals surface area contributed by atoms with Crippen LogP contribution < -0.4 is 5.30 Å². The predicted molar refractivity (Wildman–Crippen MR) is 114 cm³/mol. The molecule has 3 heteroatoms. The van der Waals surface area contributed by atoms with E-state index in [-0.39, 0.29) is 0 Å². The van der Waals surface area contributed by atoms with Gasteiger partial charge in [0, 0.05) is 5.30 Å². The van der Waals surface area contributed by atoms with Crippen LogP contribution in [0.2, 0.25) is 0 Å². The van der Waals surface area contributed by atoms with Crippen molar-refractivity contribution in [3.63, 3.8) is 0 Å². The van der Waals surface area contributed by atoms with Crippen LogP contribution in [0.25, 0.3) is 0 Å². The van der Waals surface area contributed by atoms with Gasteiger partial charge in [-0.15, -0.1) is 0 Å². The third-order valence-corrected chi connectivity index (χ3v) is 5.84. The van der Waals surface area contributed by atoms with Crippen LogP contribution in [0.3, 0.4) is 0 Å². The van der Waals surface area contributed by atoms with Crippen LogP contribution in [0.1, 0.15) is 24.0 Å². The summed E-state index contributed by atoms with van der Waals surface area (Å²) in [5.74, 6) is 0. The van der Waals surface area contributed by atoms with Crippen molar-refractivity contribution in [2.24, 2.45) is 0 Å². The quantitative estimate of drug-likeness (QED) is 0.304. The molecule has 0 radical (unpaired) electrons. The van der Waals surface area contributed by atoms with Crippen LogP contribution in [-0.4, -0.2) is 13.2 Å². The van der Waals surface area contributed by atoms with Gasteiger partial charge < -0.3 is 9.05 Å².